The van der Waals surface area contributed by atoms with Crippen LogP contribution in [-0.4, -0.2) is 53.7 Å². The molecule has 158 valence electrons. The Labute approximate surface area is 177 Å². The summed E-state index contributed by atoms with van der Waals surface area (Å²) in [6, 6.07) is 13.7. The summed E-state index contributed by atoms with van der Waals surface area (Å²) in [4.78, 5) is 18.1. The normalized spacial score (nSPS) is 27.9. The Bertz CT molecular complexity index is 977. The van der Waals surface area contributed by atoms with Gasteiger partial charge in [0, 0.05) is 30.6 Å². The second-order valence-corrected chi connectivity index (χ2v) is 8.60. The summed E-state index contributed by atoms with van der Waals surface area (Å²) in [6.07, 6.45) is 2.88. The average molecular weight is 408 g/mol. The maximum Gasteiger partial charge on any atom is 0.243 e. The minimum absolute atomic E-state index is 0.157. The highest BCUT2D eigenvalue weighted by atomic mass is 16.5. The number of hydrogen-bond donors (Lipinski definition) is 1. The Morgan fingerprint density at radius 2 is 1.93 bits per heavy atom. The topological polar surface area (TPSA) is 62.2 Å². The number of carbonyl (C=O) groups excluding carboxylic acids is 1. The van der Waals surface area contributed by atoms with E-state index < -0.39 is 5.54 Å². The third-order valence-electron chi connectivity index (χ3n) is 7.27. The number of hydrogen-bond acceptors (Lipinski definition) is 5. The molecule has 0 bridgehead atoms. The Morgan fingerprint density at radius 1 is 1.13 bits per heavy atom. The number of para-hydroxylation sites is 1. The van der Waals surface area contributed by atoms with Crippen LogP contribution in [0.2, 0.25) is 0 Å². The van der Waals surface area contributed by atoms with Gasteiger partial charge in [-0.05, 0) is 49.6 Å². The number of aromatic hydroxyl groups is 1. The first-order chi connectivity index (χ1) is 14.6. The van der Waals surface area contributed by atoms with E-state index in [9.17, 15) is 9.90 Å². The fourth-order valence-electron chi connectivity index (χ4n) is 5.98. The van der Waals surface area contributed by atoms with Crippen LogP contribution < -0.4 is 9.47 Å². The minimum atomic E-state index is -0.401. The van der Waals surface area contributed by atoms with Gasteiger partial charge in [0.05, 0.1) is 14.2 Å². The molecule has 1 N–H and O–H groups in total. The van der Waals surface area contributed by atoms with Crippen molar-refractivity contribution in [1.82, 2.24) is 9.80 Å². The van der Waals surface area contributed by atoms with E-state index >= 15 is 0 Å². The van der Waals surface area contributed by atoms with Gasteiger partial charge in [0.25, 0.3) is 0 Å². The van der Waals surface area contributed by atoms with Crippen molar-refractivity contribution in [3.63, 3.8) is 0 Å². The molecule has 0 aliphatic carbocycles. The molecule has 3 saturated heterocycles. The van der Waals surface area contributed by atoms with Crippen molar-refractivity contribution < 1.29 is 19.4 Å². The number of ether oxygens (including phenoxy) is 2. The number of phenolic OH excluding ortho intramolecular Hbond substituents is 1. The highest BCUT2D eigenvalue weighted by Gasteiger charge is 2.65. The monoisotopic (exact) mass is 408 g/mol. The summed E-state index contributed by atoms with van der Waals surface area (Å²) < 4.78 is 10.7. The van der Waals surface area contributed by atoms with E-state index in [4.69, 9.17) is 9.47 Å². The van der Waals surface area contributed by atoms with Crippen molar-refractivity contribution >= 4 is 5.91 Å². The first kappa shape index (κ1) is 19.2. The van der Waals surface area contributed by atoms with Crippen molar-refractivity contribution in [3.8, 4) is 17.2 Å². The average Bonchev–Trinajstić information content (AvgIpc) is 3.39. The largest absolute Gasteiger partial charge is 0.504 e. The predicted molar refractivity (Wildman–Crippen MR) is 113 cm³/mol. The zero-order chi connectivity index (χ0) is 20.9. The number of benzene rings is 2. The van der Waals surface area contributed by atoms with Crippen molar-refractivity contribution in [1.29, 1.82) is 0 Å². The van der Waals surface area contributed by atoms with E-state index in [1.54, 1.807) is 20.3 Å². The number of carbonyl (C=O) groups is 1. The van der Waals surface area contributed by atoms with Gasteiger partial charge in [0.15, 0.2) is 11.5 Å². The lowest BCUT2D eigenvalue weighted by Crippen LogP contribution is -2.49. The molecule has 30 heavy (non-hydrogen) atoms. The SMILES string of the molecule is COc1ccc([C@@H]2C[C@H]3CN(Cc4ccccc4OC)C(=O)[C@]34CCCN24)cc1O. The standard InChI is InChI=1S/C24H28N2O4/c1-29-21-7-4-3-6-17(21)14-25-15-18-13-19(16-8-9-22(30-2)20(27)12-16)26-11-5-10-24(18,26)23(25)28/h3-4,6-9,12,18-19,27H,5,10-11,13-15H2,1-2H3/t18-,19-,24-/m0/s1. The van der Waals surface area contributed by atoms with Crippen molar-refractivity contribution in [2.75, 3.05) is 27.3 Å². The van der Waals surface area contributed by atoms with Crippen molar-refractivity contribution in [2.24, 2.45) is 5.92 Å². The van der Waals surface area contributed by atoms with Crippen LogP contribution in [-0.2, 0) is 11.3 Å². The molecule has 0 aromatic heterocycles. The molecule has 3 heterocycles. The third-order valence-corrected chi connectivity index (χ3v) is 7.27. The van der Waals surface area contributed by atoms with Gasteiger partial charge >= 0.3 is 0 Å². The van der Waals surface area contributed by atoms with Crippen LogP contribution in [0.5, 0.6) is 17.2 Å². The second-order valence-electron chi connectivity index (χ2n) is 8.60. The van der Waals surface area contributed by atoms with Crippen LogP contribution in [0, 0.1) is 5.92 Å². The Balaban J connectivity index is 1.42. The summed E-state index contributed by atoms with van der Waals surface area (Å²) in [5.41, 5.74) is 1.71. The van der Waals surface area contributed by atoms with E-state index in [0.29, 0.717) is 18.2 Å². The number of nitrogens with zero attached hydrogens (tertiary/aromatic N) is 2. The first-order valence-corrected chi connectivity index (χ1v) is 10.6. The van der Waals surface area contributed by atoms with Gasteiger partial charge in [0.1, 0.15) is 11.3 Å². The number of rotatable bonds is 5. The molecule has 3 aliphatic heterocycles. The van der Waals surface area contributed by atoms with Crippen LogP contribution in [0.4, 0.5) is 0 Å². The van der Waals surface area contributed by atoms with Crippen molar-refractivity contribution in [3.05, 3.63) is 53.6 Å². The van der Waals surface area contributed by atoms with Gasteiger partial charge in [-0.25, -0.2) is 0 Å². The molecule has 1 amide bonds. The first-order valence-electron chi connectivity index (χ1n) is 10.6. The van der Waals surface area contributed by atoms with Crippen LogP contribution in [0.1, 0.15) is 36.4 Å². The molecule has 3 fully saturated rings. The molecular formula is C24H28N2O4. The van der Waals surface area contributed by atoms with Gasteiger partial charge < -0.3 is 19.5 Å². The molecule has 6 heteroatoms. The van der Waals surface area contributed by atoms with Gasteiger partial charge in [-0.15, -0.1) is 0 Å². The summed E-state index contributed by atoms with van der Waals surface area (Å²) in [5, 5.41) is 10.3. The van der Waals surface area contributed by atoms with E-state index in [0.717, 1.165) is 49.2 Å². The number of likely N-dealkylation sites (tertiary alicyclic amines) is 1. The predicted octanol–water partition coefficient (Wildman–Crippen LogP) is 3.35. The molecule has 0 saturated carbocycles. The lowest BCUT2D eigenvalue weighted by molar-refractivity contribution is -0.137. The smallest absolute Gasteiger partial charge is 0.243 e. The lowest BCUT2D eigenvalue weighted by atomic mass is 9.85. The lowest BCUT2D eigenvalue weighted by Gasteiger charge is -2.34. The molecule has 6 nitrogen and oxygen atoms in total. The molecule has 0 unspecified atom stereocenters. The maximum absolute atomic E-state index is 13.7. The van der Waals surface area contributed by atoms with E-state index in [2.05, 4.69) is 4.90 Å². The molecule has 2 aromatic rings. The molecular weight excluding hydrogens is 380 g/mol. The zero-order valence-corrected chi connectivity index (χ0v) is 17.5. The van der Waals surface area contributed by atoms with Crippen LogP contribution >= 0.6 is 0 Å². The minimum Gasteiger partial charge on any atom is -0.504 e. The van der Waals surface area contributed by atoms with Crippen LogP contribution in [0.15, 0.2) is 42.5 Å². The van der Waals surface area contributed by atoms with Crippen LogP contribution in [0.3, 0.4) is 0 Å². The van der Waals surface area contributed by atoms with E-state index in [-0.39, 0.29) is 17.7 Å². The summed E-state index contributed by atoms with van der Waals surface area (Å²) in [5.74, 6) is 2.01. The van der Waals surface area contributed by atoms with Gasteiger partial charge in [-0.2, -0.15) is 0 Å². The number of amides is 1. The Hall–Kier alpha value is -2.73. The van der Waals surface area contributed by atoms with Gasteiger partial charge in [-0.3, -0.25) is 9.69 Å². The fourth-order valence-corrected chi connectivity index (χ4v) is 5.98. The van der Waals surface area contributed by atoms with Crippen molar-refractivity contribution in [2.45, 2.75) is 37.4 Å². The molecule has 3 atom stereocenters. The van der Waals surface area contributed by atoms with Gasteiger partial charge in [-0.1, -0.05) is 24.3 Å². The molecule has 3 aliphatic rings. The summed E-state index contributed by atoms with van der Waals surface area (Å²) in [6.45, 7) is 2.27. The quantitative estimate of drug-likeness (QED) is 0.822. The second kappa shape index (κ2) is 7.20. The van der Waals surface area contributed by atoms with Crippen LogP contribution in [0.25, 0.3) is 0 Å². The third kappa shape index (κ3) is 2.70. The number of methoxy groups -OCH3 is 2. The van der Waals surface area contributed by atoms with E-state index in [1.807, 2.05) is 41.3 Å². The molecule has 2 aromatic carbocycles. The summed E-state index contributed by atoms with van der Waals surface area (Å²) in [7, 11) is 3.23. The maximum atomic E-state index is 13.7. The zero-order valence-electron chi connectivity index (χ0n) is 17.5. The van der Waals surface area contributed by atoms with E-state index in [1.165, 1.54) is 0 Å². The molecule has 0 radical (unpaired) electrons. The fraction of sp³-hybridized carbons (Fsp3) is 0.458. The molecule has 5 rings (SSSR count). The highest BCUT2D eigenvalue weighted by molar-refractivity contribution is 5.90. The Kier molecular flexibility index (Phi) is 4.62. The Morgan fingerprint density at radius 3 is 2.70 bits per heavy atom. The number of phenols is 1. The summed E-state index contributed by atoms with van der Waals surface area (Å²) >= 11 is 0. The van der Waals surface area contributed by atoms with Gasteiger partial charge in [0.2, 0.25) is 5.91 Å². The highest BCUT2D eigenvalue weighted by Crippen LogP contribution is 2.56. The molecule has 1 spiro atoms.